The molecule has 8 aliphatic heterocycles. The molecule has 68 heavy (non-hydrogen) atoms. The second kappa shape index (κ2) is 37.4. The summed E-state index contributed by atoms with van der Waals surface area (Å²) in [6, 6.07) is 0. The third kappa shape index (κ3) is 30.5. The van der Waals surface area contributed by atoms with E-state index in [2.05, 4.69) is 0 Å². The van der Waals surface area contributed by atoms with Crippen LogP contribution in [0.1, 0.15) is 239 Å². The predicted molar refractivity (Wildman–Crippen MR) is 269 cm³/mol. The zero-order valence-electron chi connectivity index (χ0n) is 48.9. The van der Waals surface area contributed by atoms with Gasteiger partial charge in [0.15, 0.2) is 0 Å². The van der Waals surface area contributed by atoms with Gasteiger partial charge in [-0.1, -0.05) is 0 Å². The molecular formula is C52H104N4Na4O8. The predicted octanol–water partition coefficient (Wildman–Crippen LogP) is 1.31. The molecule has 0 bridgehead atoms. The quantitative estimate of drug-likeness (QED) is 0.324. The van der Waals surface area contributed by atoms with Gasteiger partial charge >= 0.3 is 118 Å². The monoisotopic (exact) mass is 1000 g/mol. The van der Waals surface area contributed by atoms with Crippen LogP contribution in [0.25, 0.3) is 0 Å². The van der Waals surface area contributed by atoms with Crippen LogP contribution in [-0.2, 0) is 18.9 Å². The van der Waals surface area contributed by atoms with Crippen LogP contribution < -0.4 is 118 Å². The van der Waals surface area contributed by atoms with E-state index in [1.54, 1.807) is 0 Å². The van der Waals surface area contributed by atoms with Crippen molar-refractivity contribution < 1.29 is 137 Å². The van der Waals surface area contributed by atoms with Crippen molar-refractivity contribution in [2.45, 2.75) is 284 Å². The van der Waals surface area contributed by atoms with Gasteiger partial charge in [0.1, 0.15) is 0 Å². The molecule has 8 saturated heterocycles. The fourth-order valence-corrected chi connectivity index (χ4v) is 9.95. The summed E-state index contributed by atoms with van der Waals surface area (Å²) in [5, 5.41) is 51.8. The zero-order valence-corrected chi connectivity index (χ0v) is 56.9. The molecule has 8 aliphatic rings. The Kier molecular flexibility index (Phi) is 42.9. The van der Waals surface area contributed by atoms with E-state index in [1.807, 2.05) is 111 Å². The van der Waals surface area contributed by atoms with Gasteiger partial charge in [-0.05, 0) is 239 Å². The maximum Gasteiger partial charge on any atom is 1.00 e. The molecular weight excluding hydrogens is 901 g/mol. The molecule has 16 heteroatoms. The van der Waals surface area contributed by atoms with Crippen LogP contribution in [0.3, 0.4) is 0 Å². The van der Waals surface area contributed by atoms with Gasteiger partial charge in [0.25, 0.3) is 0 Å². The Labute approximate surface area is 508 Å². The molecule has 0 atom stereocenters. The smallest absolute Gasteiger partial charge is 0.784 e. The molecule has 0 aliphatic carbocycles. The summed E-state index contributed by atoms with van der Waals surface area (Å²) in [6.07, 6.45) is 23.2. The first kappa shape index (κ1) is 78.0. The number of ether oxygens (including phenoxy) is 4. The van der Waals surface area contributed by atoms with E-state index in [0.29, 0.717) is 0 Å². The first-order chi connectivity index (χ1) is 29.4. The number of piperidine rings is 4. The molecule has 0 spiro atoms. The van der Waals surface area contributed by atoms with Crippen LogP contribution in [0.5, 0.6) is 0 Å². The molecule has 0 amide bonds. The molecule has 8 rings (SSSR count). The Hall–Kier alpha value is 3.52. The maximum absolute atomic E-state index is 11.7. The van der Waals surface area contributed by atoms with E-state index in [1.165, 1.54) is 97.3 Å². The van der Waals surface area contributed by atoms with Gasteiger partial charge in [0.2, 0.25) is 0 Å². The number of rotatable bonds is 0. The van der Waals surface area contributed by atoms with Gasteiger partial charge in [-0.2, -0.15) is 0 Å². The fraction of sp³-hybridized carbons (Fsp3) is 1.00. The minimum atomic E-state index is -0.151. The van der Waals surface area contributed by atoms with Crippen LogP contribution in [0.15, 0.2) is 0 Å². The van der Waals surface area contributed by atoms with E-state index in [9.17, 15) is 20.8 Å². The first-order valence-corrected chi connectivity index (χ1v) is 25.7. The SMILES string of the molecule is C1CCOC1.C1CCOC1.C1CCOC1.C1CCOC1.CC1(C)CCCC(C)(C)N1[O-].CC1(C)CCCC(C)(C)N1[O-].CC1(C)CCCC(C)(C)N1[O-].CC1(C)CCCC(C)(C)N1[O-].[Na+].[Na+].[Na+].[Na+]. The van der Waals surface area contributed by atoms with Crippen molar-refractivity contribution >= 4 is 0 Å². The van der Waals surface area contributed by atoms with E-state index in [-0.39, 0.29) is 163 Å². The summed E-state index contributed by atoms with van der Waals surface area (Å²) in [5.74, 6) is 0. The van der Waals surface area contributed by atoms with Crippen LogP contribution in [0.2, 0.25) is 0 Å². The normalized spacial score (nSPS) is 26.6. The van der Waals surface area contributed by atoms with Crippen molar-refractivity contribution in [3.8, 4) is 0 Å². The Morgan fingerprint density at radius 2 is 0.324 bits per heavy atom. The molecule has 0 aromatic heterocycles. The molecule has 8 heterocycles. The molecule has 8 fully saturated rings. The minimum absolute atomic E-state index is 0. The molecule has 0 unspecified atom stereocenters. The first-order valence-electron chi connectivity index (χ1n) is 25.7. The van der Waals surface area contributed by atoms with Crippen molar-refractivity contribution in [1.82, 2.24) is 20.3 Å². The van der Waals surface area contributed by atoms with E-state index < -0.39 is 0 Å². The van der Waals surface area contributed by atoms with Crippen molar-refractivity contribution in [3.05, 3.63) is 20.8 Å². The maximum atomic E-state index is 11.7. The van der Waals surface area contributed by atoms with Crippen LogP contribution >= 0.6 is 0 Å². The fourth-order valence-electron chi connectivity index (χ4n) is 9.95. The summed E-state index contributed by atoms with van der Waals surface area (Å²) >= 11 is 0. The Morgan fingerprint density at radius 1 is 0.221 bits per heavy atom. The van der Waals surface area contributed by atoms with Crippen LogP contribution in [0.4, 0.5) is 0 Å². The molecule has 0 saturated carbocycles. The van der Waals surface area contributed by atoms with Gasteiger partial charge in [-0.15, -0.1) is 0 Å². The van der Waals surface area contributed by atoms with Crippen molar-refractivity contribution in [1.29, 1.82) is 0 Å². The van der Waals surface area contributed by atoms with Crippen molar-refractivity contribution in [2.24, 2.45) is 0 Å². The van der Waals surface area contributed by atoms with Crippen molar-refractivity contribution in [2.75, 3.05) is 52.9 Å². The summed E-state index contributed by atoms with van der Waals surface area (Å²) < 4.78 is 19.8. The molecule has 0 aromatic rings. The Balaban J connectivity index is -0.000000349. The molecule has 0 radical (unpaired) electrons. The number of hydrogen-bond donors (Lipinski definition) is 0. The van der Waals surface area contributed by atoms with Crippen LogP contribution in [0, 0.1) is 20.8 Å². The minimum Gasteiger partial charge on any atom is -0.784 e. The number of nitrogens with zero attached hydrogens (tertiary/aromatic N) is 4. The second-order valence-corrected chi connectivity index (χ2v) is 24.4. The van der Waals surface area contributed by atoms with Crippen LogP contribution in [-0.4, -0.2) is 117 Å². The summed E-state index contributed by atoms with van der Waals surface area (Å²) in [7, 11) is 0. The van der Waals surface area contributed by atoms with E-state index in [4.69, 9.17) is 18.9 Å². The number of hydrogen-bond acceptors (Lipinski definition) is 12. The topological polar surface area (TPSA) is 142 Å². The largest absolute Gasteiger partial charge is 1.00 e. The zero-order chi connectivity index (χ0) is 48.9. The van der Waals surface area contributed by atoms with E-state index >= 15 is 0 Å². The summed E-state index contributed by atoms with van der Waals surface area (Å²) in [4.78, 5) is 0. The second-order valence-electron chi connectivity index (χ2n) is 24.4. The Morgan fingerprint density at radius 3 is 0.382 bits per heavy atom. The van der Waals surface area contributed by atoms with Gasteiger partial charge in [-0.3, -0.25) is 0 Å². The summed E-state index contributed by atoms with van der Waals surface area (Å²) in [6.45, 7) is 40.5. The third-order valence-electron chi connectivity index (χ3n) is 14.0. The summed E-state index contributed by atoms with van der Waals surface area (Å²) in [5.41, 5.74) is -1.21. The average Bonchev–Trinajstić information content (AvgIpc) is 4.05. The van der Waals surface area contributed by atoms with Gasteiger partial charge in [0, 0.05) is 97.2 Å². The molecule has 0 N–H and O–H groups in total. The molecule has 384 valence electrons. The Bertz CT molecular complexity index is 951. The average molecular weight is 1010 g/mol. The molecule has 12 nitrogen and oxygen atoms in total. The van der Waals surface area contributed by atoms with Gasteiger partial charge in [-0.25, -0.2) is 0 Å². The van der Waals surface area contributed by atoms with Gasteiger partial charge in [0.05, 0.1) is 0 Å². The van der Waals surface area contributed by atoms with E-state index in [0.717, 1.165) is 104 Å². The van der Waals surface area contributed by atoms with Crippen molar-refractivity contribution in [3.63, 3.8) is 0 Å². The molecule has 0 aromatic carbocycles. The number of hydroxylamine groups is 8. The third-order valence-corrected chi connectivity index (χ3v) is 14.0. The standard InChI is InChI=1S/4C9H18NO.4C4H8O.4Na/c4*1-8(2)6-5-7-9(3,4)10(8)11;4*1-2-4-5-3-1;;;;/h4*5-7H2,1-4H3;4*1-4H2;;;;/q4*-1;;;;;4*+1. The van der Waals surface area contributed by atoms with Gasteiger partial charge < -0.3 is 60.0 Å².